The molecule has 3 heteroatoms. The molecule has 0 spiro atoms. The molecular weight excluding hydrogens is 234 g/mol. The molecule has 1 heterocycles. The summed E-state index contributed by atoms with van der Waals surface area (Å²) in [6, 6.07) is 8.21. The number of imidazole rings is 1. The Morgan fingerprint density at radius 3 is 3.05 bits per heavy atom. The van der Waals surface area contributed by atoms with Gasteiger partial charge in [0.2, 0.25) is 0 Å². The standard InChI is InChI=1S/C16H23N3/c1-12-5-4-6-13(9-12)10-17-11-16-18-14-7-2-3-8-15(14)19-16/h2-3,7-8,12-13,17H,4-6,9-11H2,1H3,(H,18,19). The largest absolute Gasteiger partial charge is 0.341 e. The van der Waals surface area contributed by atoms with Crippen LogP contribution >= 0.6 is 0 Å². The molecule has 0 amide bonds. The molecule has 2 N–H and O–H groups in total. The maximum atomic E-state index is 4.59. The predicted molar refractivity (Wildman–Crippen MR) is 78.9 cm³/mol. The molecule has 1 aromatic carbocycles. The van der Waals surface area contributed by atoms with E-state index in [1.165, 1.54) is 25.7 Å². The molecule has 3 nitrogen and oxygen atoms in total. The molecule has 0 aliphatic heterocycles. The number of para-hydroxylation sites is 2. The lowest BCUT2D eigenvalue weighted by molar-refractivity contribution is 0.273. The fraction of sp³-hybridized carbons (Fsp3) is 0.562. The number of hydrogen-bond acceptors (Lipinski definition) is 2. The van der Waals surface area contributed by atoms with E-state index in [1.807, 2.05) is 12.1 Å². The van der Waals surface area contributed by atoms with E-state index in [0.717, 1.165) is 41.8 Å². The highest BCUT2D eigenvalue weighted by molar-refractivity contribution is 5.74. The molecular formula is C16H23N3. The van der Waals surface area contributed by atoms with Crippen molar-refractivity contribution < 1.29 is 0 Å². The Morgan fingerprint density at radius 1 is 1.32 bits per heavy atom. The SMILES string of the molecule is CC1CCCC(CNCc2nc3ccccc3[nH]2)C1. The number of aromatic amines is 1. The lowest BCUT2D eigenvalue weighted by Gasteiger charge is -2.26. The third-order valence-corrected chi connectivity index (χ3v) is 4.21. The number of hydrogen-bond donors (Lipinski definition) is 2. The van der Waals surface area contributed by atoms with Crippen molar-refractivity contribution in [2.45, 2.75) is 39.2 Å². The zero-order valence-electron chi connectivity index (χ0n) is 11.7. The fourth-order valence-electron chi connectivity index (χ4n) is 3.23. The number of rotatable bonds is 4. The minimum absolute atomic E-state index is 0.847. The van der Waals surface area contributed by atoms with Crippen LogP contribution in [0, 0.1) is 11.8 Å². The summed E-state index contributed by atoms with van der Waals surface area (Å²) in [6.07, 6.45) is 5.59. The number of nitrogens with zero attached hydrogens (tertiary/aromatic N) is 1. The van der Waals surface area contributed by atoms with Gasteiger partial charge in [0.05, 0.1) is 17.6 Å². The molecule has 2 aromatic rings. The van der Waals surface area contributed by atoms with Gasteiger partial charge >= 0.3 is 0 Å². The lowest BCUT2D eigenvalue weighted by atomic mass is 9.82. The van der Waals surface area contributed by atoms with E-state index >= 15 is 0 Å². The minimum Gasteiger partial charge on any atom is -0.341 e. The van der Waals surface area contributed by atoms with Gasteiger partial charge in [-0.1, -0.05) is 31.9 Å². The van der Waals surface area contributed by atoms with Crippen LogP contribution in [0.3, 0.4) is 0 Å². The lowest BCUT2D eigenvalue weighted by Crippen LogP contribution is -2.26. The number of nitrogens with one attached hydrogen (secondary N) is 2. The zero-order chi connectivity index (χ0) is 13.1. The van der Waals surface area contributed by atoms with Gasteiger partial charge in [-0.3, -0.25) is 0 Å². The van der Waals surface area contributed by atoms with Gasteiger partial charge in [0.25, 0.3) is 0 Å². The second-order valence-corrected chi connectivity index (χ2v) is 5.97. The zero-order valence-corrected chi connectivity index (χ0v) is 11.7. The topological polar surface area (TPSA) is 40.7 Å². The van der Waals surface area contributed by atoms with Crippen molar-refractivity contribution in [3.05, 3.63) is 30.1 Å². The first-order valence-corrected chi connectivity index (χ1v) is 7.45. The van der Waals surface area contributed by atoms with Crippen molar-refractivity contribution in [2.24, 2.45) is 11.8 Å². The normalized spacial score (nSPS) is 23.8. The predicted octanol–water partition coefficient (Wildman–Crippen LogP) is 3.48. The molecule has 2 atom stereocenters. The third kappa shape index (κ3) is 3.16. The number of benzene rings is 1. The summed E-state index contributed by atoms with van der Waals surface area (Å²) < 4.78 is 0. The van der Waals surface area contributed by atoms with Crippen LogP contribution < -0.4 is 5.32 Å². The van der Waals surface area contributed by atoms with Gasteiger partial charge in [-0.2, -0.15) is 0 Å². The van der Waals surface area contributed by atoms with Gasteiger partial charge in [0.15, 0.2) is 0 Å². The van der Waals surface area contributed by atoms with E-state index in [0.29, 0.717) is 0 Å². The molecule has 2 unspecified atom stereocenters. The molecule has 1 saturated carbocycles. The Morgan fingerprint density at radius 2 is 2.21 bits per heavy atom. The summed E-state index contributed by atoms with van der Waals surface area (Å²) in [4.78, 5) is 7.96. The van der Waals surface area contributed by atoms with E-state index in [-0.39, 0.29) is 0 Å². The molecule has 1 aromatic heterocycles. The van der Waals surface area contributed by atoms with Crippen molar-refractivity contribution >= 4 is 11.0 Å². The van der Waals surface area contributed by atoms with Gasteiger partial charge in [-0.25, -0.2) is 4.98 Å². The Bertz CT molecular complexity index is 499. The summed E-state index contributed by atoms with van der Waals surface area (Å²) >= 11 is 0. The van der Waals surface area contributed by atoms with Crippen LogP contribution in [-0.4, -0.2) is 16.5 Å². The first-order valence-electron chi connectivity index (χ1n) is 7.45. The average molecular weight is 257 g/mol. The second kappa shape index (κ2) is 5.74. The van der Waals surface area contributed by atoms with Gasteiger partial charge < -0.3 is 10.3 Å². The maximum Gasteiger partial charge on any atom is 0.121 e. The van der Waals surface area contributed by atoms with Gasteiger partial charge in [0.1, 0.15) is 5.82 Å². The highest BCUT2D eigenvalue weighted by Gasteiger charge is 2.18. The van der Waals surface area contributed by atoms with Crippen molar-refractivity contribution in [3.8, 4) is 0 Å². The van der Waals surface area contributed by atoms with E-state index in [2.05, 4.69) is 34.3 Å². The molecule has 1 fully saturated rings. The van der Waals surface area contributed by atoms with E-state index in [4.69, 9.17) is 0 Å². The first kappa shape index (κ1) is 12.7. The fourth-order valence-corrected chi connectivity index (χ4v) is 3.23. The third-order valence-electron chi connectivity index (χ3n) is 4.21. The van der Waals surface area contributed by atoms with Crippen LogP contribution in [0.4, 0.5) is 0 Å². The Kier molecular flexibility index (Phi) is 3.83. The van der Waals surface area contributed by atoms with Crippen LogP contribution in [0.25, 0.3) is 11.0 Å². The molecule has 19 heavy (non-hydrogen) atoms. The van der Waals surface area contributed by atoms with Crippen LogP contribution in [-0.2, 0) is 6.54 Å². The van der Waals surface area contributed by atoms with Crippen LogP contribution in [0.15, 0.2) is 24.3 Å². The second-order valence-electron chi connectivity index (χ2n) is 5.97. The molecule has 3 rings (SSSR count). The summed E-state index contributed by atoms with van der Waals surface area (Å²) in [6.45, 7) is 4.35. The molecule has 1 aliphatic carbocycles. The van der Waals surface area contributed by atoms with Crippen LogP contribution in [0.5, 0.6) is 0 Å². The maximum absolute atomic E-state index is 4.59. The van der Waals surface area contributed by atoms with Gasteiger partial charge in [-0.15, -0.1) is 0 Å². The molecule has 1 aliphatic rings. The number of H-pyrrole nitrogens is 1. The smallest absolute Gasteiger partial charge is 0.121 e. The van der Waals surface area contributed by atoms with Gasteiger partial charge in [0, 0.05) is 0 Å². The highest BCUT2D eigenvalue weighted by Crippen LogP contribution is 2.27. The van der Waals surface area contributed by atoms with Crippen molar-refractivity contribution in [2.75, 3.05) is 6.54 Å². The summed E-state index contributed by atoms with van der Waals surface area (Å²) in [7, 11) is 0. The molecule has 0 radical (unpaired) electrons. The minimum atomic E-state index is 0.847. The average Bonchev–Trinajstić information content (AvgIpc) is 2.81. The summed E-state index contributed by atoms with van der Waals surface area (Å²) in [5.74, 6) is 2.81. The Balaban J connectivity index is 1.51. The summed E-state index contributed by atoms with van der Waals surface area (Å²) in [5.41, 5.74) is 2.19. The number of aromatic nitrogens is 2. The van der Waals surface area contributed by atoms with E-state index < -0.39 is 0 Å². The van der Waals surface area contributed by atoms with Gasteiger partial charge in [-0.05, 0) is 43.4 Å². The highest BCUT2D eigenvalue weighted by atomic mass is 15.0. The van der Waals surface area contributed by atoms with Crippen molar-refractivity contribution in [1.82, 2.24) is 15.3 Å². The Hall–Kier alpha value is -1.35. The van der Waals surface area contributed by atoms with Crippen LogP contribution in [0.1, 0.15) is 38.4 Å². The molecule has 0 bridgehead atoms. The van der Waals surface area contributed by atoms with E-state index in [9.17, 15) is 0 Å². The van der Waals surface area contributed by atoms with Crippen LogP contribution in [0.2, 0.25) is 0 Å². The Labute approximate surface area is 114 Å². The van der Waals surface area contributed by atoms with E-state index in [1.54, 1.807) is 0 Å². The van der Waals surface area contributed by atoms with Crippen molar-refractivity contribution in [1.29, 1.82) is 0 Å². The molecule has 102 valence electrons. The quantitative estimate of drug-likeness (QED) is 0.880. The van der Waals surface area contributed by atoms with Crippen molar-refractivity contribution in [3.63, 3.8) is 0 Å². The first-order chi connectivity index (χ1) is 9.31. The summed E-state index contributed by atoms with van der Waals surface area (Å²) in [5, 5.41) is 3.56. The number of fused-ring (bicyclic) bond motifs is 1. The monoisotopic (exact) mass is 257 g/mol. The molecule has 0 saturated heterocycles.